The van der Waals surface area contributed by atoms with E-state index in [4.69, 9.17) is 6.42 Å². The van der Waals surface area contributed by atoms with Crippen LogP contribution in [0.25, 0.3) is 10.9 Å². The predicted molar refractivity (Wildman–Crippen MR) is 121 cm³/mol. The highest BCUT2D eigenvalue weighted by atomic mass is 15.2. The van der Waals surface area contributed by atoms with Crippen LogP contribution in [0.3, 0.4) is 0 Å². The van der Waals surface area contributed by atoms with E-state index in [1.165, 1.54) is 46.9 Å². The van der Waals surface area contributed by atoms with Gasteiger partial charge in [0.1, 0.15) is 0 Å². The van der Waals surface area contributed by atoms with Gasteiger partial charge in [-0.1, -0.05) is 36.4 Å². The number of hydrogen-bond acceptors (Lipinski definition) is 1. The molecule has 1 saturated carbocycles. The number of aromatic amines is 1. The summed E-state index contributed by atoms with van der Waals surface area (Å²) in [5.74, 6) is 4.31. The Kier molecular flexibility index (Phi) is 4.94. The Labute approximate surface area is 174 Å². The molecule has 2 atom stereocenters. The number of aryl methyl sites for hydroxylation is 1. The van der Waals surface area contributed by atoms with Crippen molar-refractivity contribution in [1.29, 1.82) is 0 Å². The molecule has 2 aliphatic rings. The number of terminal acetylenes is 1. The van der Waals surface area contributed by atoms with E-state index in [-0.39, 0.29) is 0 Å². The van der Waals surface area contributed by atoms with Crippen molar-refractivity contribution < 1.29 is 0 Å². The van der Waals surface area contributed by atoms with Crippen LogP contribution in [0.5, 0.6) is 0 Å². The fourth-order valence-corrected chi connectivity index (χ4v) is 5.12. The number of H-pyrrole nitrogens is 1. The van der Waals surface area contributed by atoms with Gasteiger partial charge < -0.3 is 4.98 Å². The van der Waals surface area contributed by atoms with E-state index in [9.17, 15) is 0 Å². The number of fused-ring (bicyclic) bond motifs is 1. The molecule has 2 fully saturated rings. The molecule has 0 spiro atoms. The highest BCUT2D eigenvalue weighted by molar-refractivity contribution is 5.87. The lowest BCUT2D eigenvalue weighted by molar-refractivity contribution is 0.121. The third kappa shape index (κ3) is 3.72. The molecule has 1 aliphatic heterocycles. The van der Waals surface area contributed by atoms with Gasteiger partial charge >= 0.3 is 0 Å². The molecule has 1 saturated heterocycles. The molecule has 0 unspecified atom stereocenters. The number of hydrogen-bond donors (Lipinski definition) is 1. The zero-order chi connectivity index (χ0) is 19.8. The van der Waals surface area contributed by atoms with E-state index in [1.807, 2.05) is 0 Å². The normalized spacial score (nSPS) is 22.6. The summed E-state index contributed by atoms with van der Waals surface area (Å²) in [6, 6.07) is 16.1. The predicted octanol–water partition coefficient (Wildman–Crippen LogP) is 6.02. The van der Waals surface area contributed by atoms with Gasteiger partial charge in [-0.25, -0.2) is 0 Å². The van der Waals surface area contributed by atoms with E-state index in [2.05, 4.69) is 71.4 Å². The Balaban J connectivity index is 1.52. The molecule has 148 valence electrons. The van der Waals surface area contributed by atoms with Gasteiger partial charge in [-0.05, 0) is 73.3 Å². The third-order valence-electron chi connectivity index (χ3n) is 6.94. The minimum atomic E-state index is 0.382. The van der Waals surface area contributed by atoms with Gasteiger partial charge in [0.2, 0.25) is 0 Å². The molecule has 0 radical (unpaired) electrons. The minimum Gasteiger partial charge on any atom is -0.361 e. The van der Waals surface area contributed by atoms with Crippen molar-refractivity contribution in [1.82, 2.24) is 9.88 Å². The maximum Gasteiger partial charge on any atom is 0.0487 e. The lowest BCUT2D eigenvalue weighted by Gasteiger charge is -2.39. The van der Waals surface area contributed by atoms with Crippen LogP contribution in [0.2, 0.25) is 0 Å². The Hall–Kier alpha value is -2.50. The highest BCUT2D eigenvalue weighted by Gasteiger charge is 2.30. The molecule has 2 heteroatoms. The molecular weight excluding hydrogens is 352 g/mol. The SMILES string of the molecule is C#C[C@H]1CCN(Cc2c(CC3CC3)cc(C)c3[nH]ccc23)[C@H](c2ccccc2)C1. The first-order chi connectivity index (χ1) is 14.2. The summed E-state index contributed by atoms with van der Waals surface area (Å²) < 4.78 is 0. The van der Waals surface area contributed by atoms with Crippen molar-refractivity contribution in [3.63, 3.8) is 0 Å². The number of rotatable bonds is 5. The number of nitrogens with one attached hydrogen (secondary N) is 1. The van der Waals surface area contributed by atoms with Crippen molar-refractivity contribution in [2.75, 3.05) is 6.54 Å². The fraction of sp³-hybridized carbons (Fsp3) is 0.407. The molecule has 5 rings (SSSR count). The van der Waals surface area contributed by atoms with Crippen LogP contribution in [0.15, 0.2) is 48.7 Å². The van der Waals surface area contributed by atoms with E-state index < -0.39 is 0 Å². The zero-order valence-electron chi connectivity index (χ0n) is 17.3. The van der Waals surface area contributed by atoms with Crippen LogP contribution in [0.1, 0.15) is 54.0 Å². The van der Waals surface area contributed by atoms with Crippen molar-refractivity contribution in [2.24, 2.45) is 11.8 Å². The quantitative estimate of drug-likeness (QED) is 0.535. The molecule has 0 bridgehead atoms. The molecule has 3 aromatic rings. The third-order valence-corrected chi connectivity index (χ3v) is 6.94. The zero-order valence-corrected chi connectivity index (χ0v) is 17.3. The number of likely N-dealkylation sites (tertiary alicyclic amines) is 1. The minimum absolute atomic E-state index is 0.382. The van der Waals surface area contributed by atoms with E-state index >= 15 is 0 Å². The monoisotopic (exact) mass is 382 g/mol. The Bertz CT molecular complexity index is 1040. The number of benzene rings is 2. The van der Waals surface area contributed by atoms with Crippen molar-refractivity contribution >= 4 is 10.9 Å². The molecule has 1 aromatic heterocycles. The van der Waals surface area contributed by atoms with Crippen LogP contribution < -0.4 is 0 Å². The molecule has 1 N–H and O–H groups in total. The molecule has 1 aliphatic carbocycles. The first-order valence-corrected chi connectivity index (χ1v) is 11.1. The largest absolute Gasteiger partial charge is 0.361 e. The number of nitrogens with zero attached hydrogens (tertiary/aromatic N) is 1. The summed E-state index contributed by atoms with van der Waals surface area (Å²) in [5.41, 5.74) is 7.15. The Morgan fingerprint density at radius 2 is 1.97 bits per heavy atom. The standard InChI is InChI=1S/C27H30N2/c1-3-20-12-14-29(26(17-20)22-7-5-4-6-8-22)18-25-23(16-21-9-10-21)15-19(2)27-24(25)11-13-28-27/h1,4-8,11,13,15,20-21,26,28H,9-10,12,14,16-18H2,2H3/t20-,26-/m0/s1. The topological polar surface area (TPSA) is 19.0 Å². The molecule has 2 nitrogen and oxygen atoms in total. The first-order valence-electron chi connectivity index (χ1n) is 11.1. The molecule has 0 amide bonds. The molecule has 2 heterocycles. The average Bonchev–Trinajstić information content (AvgIpc) is 3.43. The van der Waals surface area contributed by atoms with Crippen LogP contribution in [0.4, 0.5) is 0 Å². The second-order valence-electron chi connectivity index (χ2n) is 9.03. The van der Waals surface area contributed by atoms with Crippen molar-refractivity contribution in [2.45, 2.75) is 51.6 Å². The summed E-state index contributed by atoms with van der Waals surface area (Å²) in [6.45, 7) is 4.31. The van der Waals surface area contributed by atoms with Gasteiger partial charge in [0.05, 0.1) is 0 Å². The Morgan fingerprint density at radius 1 is 1.14 bits per heavy atom. The van der Waals surface area contributed by atoms with Gasteiger partial charge in [0, 0.05) is 42.1 Å². The maximum atomic E-state index is 5.83. The summed E-state index contributed by atoms with van der Waals surface area (Å²) in [5, 5.41) is 1.41. The van der Waals surface area contributed by atoms with Gasteiger partial charge in [0.15, 0.2) is 0 Å². The first kappa shape index (κ1) is 18.5. The second kappa shape index (κ2) is 7.73. The van der Waals surface area contributed by atoms with Gasteiger partial charge in [-0.3, -0.25) is 4.90 Å². The van der Waals surface area contributed by atoms with Gasteiger partial charge in [0.25, 0.3) is 0 Å². The van der Waals surface area contributed by atoms with Crippen LogP contribution >= 0.6 is 0 Å². The van der Waals surface area contributed by atoms with Gasteiger partial charge in [-0.2, -0.15) is 0 Å². The van der Waals surface area contributed by atoms with Crippen molar-refractivity contribution in [3.05, 3.63) is 70.9 Å². The smallest absolute Gasteiger partial charge is 0.0487 e. The average molecular weight is 383 g/mol. The lowest BCUT2D eigenvalue weighted by Crippen LogP contribution is -2.36. The van der Waals surface area contributed by atoms with E-state index in [0.29, 0.717) is 12.0 Å². The summed E-state index contributed by atoms with van der Waals surface area (Å²) in [6.07, 6.45) is 14.1. The highest BCUT2D eigenvalue weighted by Crippen LogP contribution is 2.39. The van der Waals surface area contributed by atoms with Gasteiger partial charge in [-0.15, -0.1) is 12.3 Å². The van der Waals surface area contributed by atoms with E-state index in [1.54, 1.807) is 5.56 Å². The molecule has 29 heavy (non-hydrogen) atoms. The Morgan fingerprint density at radius 3 is 2.72 bits per heavy atom. The summed E-state index contributed by atoms with van der Waals surface area (Å²) in [7, 11) is 0. The summed E-state index contributed by atoms with van der Waals surface area (Å²) >= 11 is 0. The molecular formula is C27H30N2. The van der Waals surface area contributed by atoms with E-state index in [0.717, 1.165) is 31.8 Å². The number of piperidine rings is 1. The summed E-state index contributed by atoms with van der Waals surface area (Å²) in [4.78, 5) is 6.15. The van der Waals surface area contributed by atoms with Crippen molar-refractivity contribution in [3.8, 4) is 12.3 Å². The maximum absolute atomic E-state index is 5.83. The lowest BCUT2D eigenvalue weighted by atomic mass is 9.86. The number of aromatic nitrogens is 1. The van der Waals surface area contributed by atoms with Crippen LogP contribution in [-0.2, 0) is 13.0 Å². The second-order valence-corrected chi connectivity index (χ2v) is 9.03. The van der Waals surface area contributed by atoms with Crippen LogP contribution in [-0.4, -0.2) is 16.4 Å². The fourth-order valence-electron chi connectivity index (χ4n) is 5.12. The van der Waals surface area contributed by atoms with Crippen LogP contribution in [0, 0.1) is 31.1 Å². The molecule has 2 aromatic carbocycles.